The van der Waals surface area contributed by atoms with E-state index < -0.39 is 0 Å². The molecule has 2 unspecified atom stereocenters. The molecular formula is C12H24N2O3. The predicted molar refractivity (Wildman–Crippen MR) is 65.6 cm³/mol. The summed E-state index contributed by atoms with van der Waals surface area (Å²) in [5.41, 5.74) is 5.75. The minimum atomic E-state index is -0.188. The third kappa shape index (κ3) is 5.48. The Morgan fingerprint density at radius 3 is 2.88 bits per heavy atom. The van der Waals surface area contributed by atoms with Gasteiger partial charge < -0.3 is 20.5 Å². The van der Waals surface area contributed by atoms with Gasteiger partial charge in [0.15, 0.2) is 0 Å². The summed E-state index contributed by atoms with van der Waals surface area (Å²) < 4.78 is 10.6. The number of amides is 1. The van der Waals surface area contributed by atoms with Crippen molar-refractivity contribution in [3.05, 3.63) is 0 Å². The molecule has 1 saturated heterocycles. The summed E-state index contributed by atoms with van der Waals surface area (Å²) in [7, 11) is 0. The van der Waals surface area contributed by atoms with Crippen molar-refractivity contribution in [1.29, 1.82) is 0 Å². The fourth-order valence-corrected chi connectivity index (χ4v) is 1.68. The highest BCUT2D eigenvalue weighted by molar-refractivity contribution is 5.79. The first kappa shape index (κ1) is 14.4. The van der Waals surface area contributed by atoms with Gasteiger partial charge in [-0.2, -0.15) is 0 Å². The zero-order valence-corrected chi connectivity index (χ0v) is 10.8. The van der Waals surface area contributed by atoms with Gasteiger partial charge in [0, 0.05) is 25.8 Å². The van der Waals surface area contributed by atoms with Gasteiger partial charge in [-0.15, -0.1) is 0 Å². The van der Waals surface area contributed by atoms with E-state index >= 15 is 0 Å². The van der Waals surface area contributed by atoms with E-state index in [0.717, 1.165) is 13.0 Å². The van der Waals surface area contributed by atoms with Crippen molar-refractivity contribution in [3.63, 3.8) is 0 Å². The second-order valence-corrected chi connectivity index (χ2v) is 4.92. The molecule has 1 amide bonds. The zero-order chi connectivity index (χ0) is 12.7. The number of rotatable bonds is 7. The number of carbonyl (C=O) groups is 1. The summed E-state index contributed by atoms with van der Waals surface area (Å²) in [5.74, 6) is 0.365. The van der Waals surface area contributed by atoms with Crippen molar-refractivity contribution in [1.82, 2.24) is 5.32 Å². The number of ether oxygens (including phenoxy) is 2. The minimum absolute atomic E-state index is 0.00106. The van der Waals surface area contributed by atoms with Gasteiger partial charge in [-0.3, -0.25) is 4.79 Å². The van der Waals surface area contributed by atoms with E-state index in [1.54, 1.807) is 0 Å². The molecule has 1 aliphatic rings. The Bertz CT molecular complexity index is 234. The maximum Gasteiger partial charge on any atom is 0.227 e. The monoisotopic (exact) mass is 244 g/mol. The molecular weight excluding hydrogens is 220 g/mol. The number of hydrogen-bond donors (Lipinski definition) is 2. The summed E-state index contributed by atoms with van der Waals surface area (Å²) in [6.07, 6.45) is 0.835. The molecule has 0 bridgehead atoms. The Hall–Kier alpha value is -0.650. The second-order valence-electron chi connectivity index (χ2n) is 4.92. The molecule has 0 spiro atoms. The van der Waals surface area contributed by atoms with Crippen LogP contribution in [0.3, 0.4) is 0 Å². The molecule has 0 aromatic heterocycles. The highest BCUT2D eigenvalue weighted by Crippen LogP contribution is 2.11. The SMILES string of the molecule is CC(C)COCCCNC(=O)C1COCC1N. The summed E-state index contributed by atoms with van der Waals surface area (Å²) >= 11 is 0. The van der Waals surface area contributed by atoms with E-state index in [9.17, 15) is 4.79 Å². The van der Waals surface area contributed by atoms with Gasteiger partial charge in [0.05, 0.1) is 19.1 Å². The molecule has 1 aliphatic heterocycles. The van der Waals surface area contributed by atoms with E-state index in [1.165, 1.54) is 0 Å². The van der Waals surface area contributed by atoms with E-state index in [2.05, 4.69) is 19.2 Å². The van der Waals surface area contributed by atoms with Gasteiger partial charge in [-0.25, -0.2) is 0 Å². The summed E-state index contributed by atoms with van der Waals surface area (Å²) in [6, 6.07) is -0.160. The average molecular weight is 244 g/mol. The van der Waals surface area contributed by atoms with Gasteiger partial charge in [-0.05, 0) is 12.3 Å². The Labute approximate surface area is 103 Å². The van der Waals surface area contributed by atoms with Gasteiger partial charge in [0.2, 0.25) is 5.91 Å². The van der Waals surface area contributed by atoms with Gasteiger partial charge in [-0.1, -0.05) is 13.8 Å². The highest BCUT2D eigenvalue weighted by atomic mass is 16.5. The number of nitrogens with two attached hydrogens (primary N) is 1. The van der Waals surface area contributed by atoms with E-state index in [0.29, 0.717) is 32.3 Å². The molecule has 100 valence electrons. The fourth-order valence-electron chi connectivity index (χ4n) is 1.68. The third-order valence-corrected chi connectivity index (χ3v) is 2.68. The molecule has 0 saturated carbocycles. The number of nitrogens with one attached hydrogen (secondary N) is 1. The van der Waals surface area contributed by atoms with Crippen molar-refractivity contribution in [2.24, 2.45) is 17.6 Å². The molecule has 17 heavy (non-hydrogen) atoms. The maximum absolute atomic E-state index is 11.7. The largest absolute Gasteiger partial charge is 0.381 e. The van der Waals surface area contributed by atoms with Crippen molar-refractivity contribution < 1.29 is 14.3 Å². The lowest BCUT2D eigenvalue weighted by Gasteiger charge is -2.13. The lowest BCUT2D eigenvalue weighted by molar-refractivity contribution is -0.125. The molecule has 0 aromatic carbocycles. The van der Waals surface area contributed by atoms with Gasteiger partial charge in [0.25, 0.3) is 0 Å². The topological polar surface area (TPSA) is 73.6 Å². The first-order valence-corrected chi connectivity index (χ1v) is 6.30. The van der Waals surface area contributed by atoms with Crippen molar-refractivity contribution in [2.75, 3.05) is 33.0 Å². The Morgan fingerprint density at radius 2 is 2.29 bits per heavy atom. The van der Waals surface area contributed by atoms with Crippen molar-refractivity contribution in [2.45, 2.75) is 26.3 Å². The first-order valence-electron chi connectivity index (χ1n) is 6.30. The van der Waals surface area contributed by atoms with Gasteiger partial charge in [0.1, 0.15) is 0 Å². The zero-order valence-electron chi connectivity index (χ0n) is 10.8. The number of hydrogen-bond acceptors (Lipinski definition) is 4. The van der Waals surface area contributed by atoms with Crippen molar-refractivity contribution >= 4 is 5.91 Å². The molecule has 1 rings (SSSR count). The van der Waals surface area contributed by atoms with Crippen LogP contribution in [0.2, 0.25) is 0 Å². The van der Waals surface area contributed by atoms with E-state index in [1.807, 2.05) is 0 Å². The van der Waals surface area contributed by atoms with Crippen LogP contribution in [0.4, 0.5) is 0 Å². The lowest BCUT2D eigenvalue weighted by atomic mass is 10.0. The van der Waals surface area contributed by atoms with E-state index in [4.69, 9.17) is 15.2 Å². The van der Waals surface area contributed by atoms with Crippen LogP contribution in [0.15, 0.2) is 0 Å². The minimum Gasteiger partial charge on any atom is -0.381 e. The fraction of sp³-hybridized carbons (Fsp3) is 0.917. The van der Waals surface area contributed by atoms with Gasteiger partial charge >= 0.3 is 0 Å². The van der Waals surface area contributed by atoms with Crippen LogP contribution in [0.1, 0.15) is 20.3 Å². The molecule has 1 heterocycles. The van der Waals surface area contributed by atoms with E-state index in [-0.39, 0.29) is 17.9 Å². The molecule has 5 heteroatoms. The quantitative estimate of drug-likeness (QED) is 0.625. The third-order valence-electron chi connectivity index (χ3n) is 2.68. The molecule has 2 atom stereocenters. The van der Waals surface area contributed by atoms with Crippen LogP contribution in [0.25, 0.3) is 0 Å². The smallest absolute Gasteiger partial charge is 0.227 e. The summed E-state index contributed by atoms with van der Waals surface area (Å²) in [4.78, 5) is 11.7. The maximum atomic E-state index is 11.7. The molecule has 0 aromatic rings. The van der Waals surface area contributed by atoms with Crippen molar-refractivity contribution in [3.8, 4) is 0 Å². The van der Waals surface area contributed by atoms with Crippen LogP contribution in [0, 0.1) is 11.8 Å². The standard InChI is InChI=1S/C12H24N2O3/c1-9(2)6-16-5-3-4-14-12(15)10-7-17-8-11(10)13/h9-11H,3-8,13H2,1-2H3,(H,14,15). The number of carbonyl (C=O) groups excluding carboxylic acids is 1. The normalized spacial score (nSPS) is 24.2. The van der Waals surface area contributed by atoms with Crippen LogP contribution in [0.5, 0.6) is 0 Å². The first-order chi connectivity index (χ1) is 8.11. The summed E-state index contributed by atoms with van der Waals surface area (Å²) in [5, 5.41) is 2.86. The molecule has 1 fully saturated rings. The lowest BCUT2D eigenvalue weighted by Crippen LogP contribution is -2.41. The van der Waals surface area contributed by atoms with Crippen LogP contribution in [-0.4, -0.2) is 44.9 Å². The average Bonchev–Trinajstić information content (AvgIpc) is 2.69. The molecule has 0 radical (unpaired) electrons. The second kappa shape index (κ2) is 7.63. The highest BCUT2D eigenvalue weighted by Gasteiger charge is 2.30. The Kier molecular flexibility index (Phi) is 6.47. The van der Waals surface area contributed by atoms with Crippen LogP contribution < -0.4 is 11.1 Å². The molecule has 0 aliphatic carbocycles. The molecule has 5 nitrogen and oxygen atoms in total. The van der Waals surface area contributed by atoms with Crippen LogP contribution in [-0.2, 0) is 14.3 Å². The van der Waals surface area contributed by atoms with Crippen LogP contribution >= 0.6 is 0 Å². The Balaban J connectivity index is 2.00. The predicted octanol–water partition coefficient (Wildman–Crippen LogP) is 0.139. The summed E-state index contributed by atoms with van der Waals surface area (Å²) in [6.45, 7) is 7.25. The Morgan fingerprint density at radius 1 is 1.53 bits per heavy atom. The molecule has 3 N–H and O–H groups in total.